The third-order valence-electron chi connectivity index (χ3n) is 6.28. The van der Waals surface area contributed by atoms with Crippen LogP contribution in [0.2, 0.25) is 0 Å². The summed E-state index contributed by atoms with van der Waals surface area (Å²) in [7, 11) is 1.68. The fourth-order valence-corrected chi connectivity index (χ4v) is 5.53. The molecule has 0 N–H and O–H groups in total. The molecule has 1 aliphatic rings. The van der Waals surface area contributed by atoms with Crippen LogP contribution in [0.4, 0.5) is 5.69 Å². The molecule has 2 heterocycles. The van der Waals surface area contributed by atoms with E-state index in [9.17, 15) is 4.79 Å². The van der Waals surface area contributed by atoms with Crippen LogP contribution in [0.25, 0.3) is 11.8 Å². The maximum absolute atomic E-state index is 13.4. The van der Waals surface area contributed by atoms with Gasteiger partial charge in [-0.15, -0.1) is 0 Å². The number of para-hydroxylation sites is 2. The van der Waals surface area contributed by atoms with Crippen LogP contribution in [-0.2, 0) is 16.0 Å². The zero-order valence-corrected chi connectivity index (χ0v) is 22.0. The van der Waals surface area contributed by atoms with Crippen LogP contribution >= 0.6 is 11.8 Å². The van der Waals surface area contributed by atoms with Gasteiger partial charge < -0.3 is 9.30 Å². The summed E-state index contributed by atoms with van der Waals surface area (Å²) in [6.07, 6.45) is 3.74. The number of aromatic nitrogens is 1. The average molecular weight is 488 g/mol. The summed E-state index contributed by atoms with van der Waals surface area (Å²) >= 11 is 1.44. The summed E-state index contributed by atoms with van der Waals surface area (Å²) in [6.45, 7) is 9.78. The van der Waals surface area contributed by atoms with E-state index >= 15 is 0 Å². The van der Waals surface area contributed by atoms with Crippen LogP contribution in [0.5, 0.6) is 0 Å². The number of hydrogen-bond acceptors (Lipinski definition) is 4. The van der Waals surface area contributed by atoms with Gasteiger partial charge in [-0.25, -0.2) is 4.99 Å². The molecule has 5 nitrogen and oxygen atoms in total. The van der Waals surface area contributed by atoms with E-state index in [0.717, 1.165) is 35.5 Å². The second-order valence-corrected chi connectivity index (χ2v) is 9.75. The minimum atomic E-state index is -0.00396. The molecule has 3 aromatic rings. The minimum absolute atomic E-state index is 0.00396. The first kappa shape index (κ1) is 25.0. The Labute approximate surface area is 212 Å². The number of aliphatic imine (C=N–C) groups is 1. The molecule has 35 heavy (non-hydrogen) atoms. The summed E-state index contributed by atoms with van der Waals surface area (Å²) in [4.78, 5) is 20.7. The van der Waals surface area contributed by atoms with Crippen molar-refractivity contribution in [1.82, 2.24) is 9.47 Å². The number of aryl methyl sites for hydroxylation is 3. The van der Waals surface area contributed by atoms with Crippen molar-refractivity contribution in [2.75, 3.05) is 20.3 Å². The standard InChI is InChI=1S/C29H33N3O2S/c1-6-23-13-10-12-20(2)27(23)32-21(3)18-24(22(32)4)19-26-28(33)31(16-11-17-34-5)29(35-26)30-25-14-8-7-9-15-25/h7-10,12-15,18-19H,6,11,16-17H2,1-5H3/b26-19-,30-29?. The fraction of sp³-hybridized carbons (Fsp3) is 0.310. The Morgan fingerprint density at radius 1 is 1.06 bits per heavy atom. The van der Waals surface area contributed by atoms with E-state index in [2.05, 4.69) is 56.5 Å². The number of amides is 1. The molecule has 1 amide bonds. The molecule has 0 atom stereocenters. The number of carbonyl (C=O) groups is 1. The van der Waals surface area contributed by atoms with Crippen molar-refractivity contribution >= 4 is 34.6 Å². The van der Waals surface area contributed by atoms with Gasteiger partial charge in [-0.05, 0) is 86.3 Å². The zero-order valence-electron chi connectivity index (χ0n) is 21.2. The molecule has 0 radical (unpaired) electrons. The lowest BCUT2D eigenvalue weighted by Gasteiger charge is -2.17. The highest BCUT2D eigenvalue weighted by Gasteiger charge is 2.33. The van der Waals surface area contributed by atoms with Crippen LogP contribution in [-0.4, -0.2) is 40.8 Å². The van der Waals surface area contributed by atoms with Crippen molar-refractivity contribution in [2.24, 2.45) is 4.99 Å². The largest absolute Gasteiger partial charge is 0.385 e. The first-order chi connectivity index (χ1) is 16.9. The predicted molar refractivity (Wildman–Crippen MR) is 147 cm³/mol. The molecule has 2 aromatic carbocycles. The first-order valence-corrected chi connectivity index (χ1v) is 12.9. The molecule has 0 saturated carbocycles. The number of nitrogens with zero attached hydrogens (tertiary/aromatic N) is 3. The van der Waals surface area contributed by atoms with Gasteiger partial charge >= 0.3 is 0 Å². The molecule has 0 aliphatic carbocycles. The van der Waals surface area contributed by atoms with Crippen LogP contribution < -0.4 is 0 Å². The quantitative estimate of drug-likeness (QED) is 0.265. The number of hydrogen-bond donors (Lipinski definition) is 0. The topological polar surface area (TPSA) is 46.8 Å². The molecule has 0 spiro atoms. The van der Waals surface area contributed by atoms with E-state index in [4.69, 9.17) is 9.73 Å². The minimum Gasteiger partial charge on any atom is -0.385 e. The van der Waals surface area contributed by atoms with Crippen molar-refractivity contribution in [3.05, 3.63) is 87.6 Å². The summed E-state index contributed by atoms with van der Waals surface area (Å²) in [6, 6.07) is 18.4. The van der Waals surface area contributed by atoms with Gasteiger partial charge in [0, 0.05) is 31.6 Å². The van der Waals surface area contributed by atoms with Gasteiger partial charge in [-0.2, -0.15) is 0 Å². The summed E-state index contributed by atoms with van der Waals surface area (Å²) < 4.78 is 7.53. The Balaban J connectivity index is 1.72. The van der Waals surface area contributed by atoms with Gasteiger partial charge in [0.1, 0.15) is 0 Å². The van der Waals surface area contributed by atoms with Crippen molar-refractivity contribution < 1.29 is 9.53 Å². The Hall–Kier alpha value is -3.09. The van der Waals surface area contributed by atoms with Crippen LogP contribution in [0, 0.1) is 20.8 Å². The lowest BCUT2D eigenvalue weighted by Crippen LogP contribution is -2.30. The molecule has 0 bridgehead atoms. The highest BCUT2D eigenvalue weighted by molar-refractivity contribution is 8.18. The second kappa shape index (κ2) is 11.1. The third kappa shape index (κ3) is 5.29. The number of methoxy groups -OCH3 is 1. The molecule has 1 aliphatic heterocycles. The molecule has 1 aromatic heterocycles. The molecule has 4 rings (SSSR count). The van der Waals surface area contributed by atoms with Crippen molar-refractivity contribution in [3.63, 3.8) is 0 Å². The molecular formula is C29H33N3O2S. The molecule has 1 fully saturated rings. The van der Waals surface area contributed by atoms with Crippen molar-refractivity contribution in [2.45, 2.75) is 40.5 Å². The van der Waals surface area contributed by atoms with Crippen LogP contribution in [0.3, 0.4) is 0 Å². The Morgan fingerprint density at radius 2 is 1.83 bits per heavy atom. The van der Waals surface area contributed by atoms with Crippen LogP contribution in [0.15, 0.2) is 64.5 Å². The highest BCUT2D eigenvalue weighted by atomic mass is 32.2. The highest BCUT2D eigenvalue weighted by Crippen LogP contribution is 2.36. The van der Waals surface area contributed by atoms with Gasteiger partial charge in [-0.3, -0.25) is 9.69 Å². The maximum atomic E-state index is 13.4. The van der Waals surface area contributed by atoms with E-state index in [1.54, 1.807) is 12.0 Å². The molecular weight excluding hydrogens is 454 g/mol. The van der Waals surface area contributed by atoms with E-state index < -0.39 is 0 Å². The van der Waals surface area contributed by atoms with Gasteiger partial charge in [0.25, 0.3) is 5.91 Å². The van der Waals surface area contributed by atoms with E-state index in [1.165, 1.54) is 28.6 Å². The normalized spacial score (nSPS) is 16.1. The van der Waals surface area contributed by atoms with Gasteiger partial charge in [0.2, 0.25) is 0 Å². The predicted octanol–water partition coefficient (Wildman–Crippen LogP) is 6.61. The average Bonchev–Trinajstić information content (AvgIpc) is 3.29. The molecule has 6 heteroatoms. The van der Waals surface area contributed by atoms with E-state index in [0.29, 0.717) is 23.2 Å². The molecule has 0 unspecified atom stereocenters. The zero-order chi connectivity index (χ0) is 24.9. The Bertz CT molecular complexity index is 1270. The van der Waals surface area contributed by atoms with Gasteiger partial charge in [0.15, 0.2) is 5.17 Å². The molecule has 1 saturated heterocycles. The Morgan fingerprint density at radius 3 is 2.54 bits per heavy atom. The fourth-order valence-electron chi connectivity index (χ4n) is 4.51. The number of benzene rings is 2. The number of carbonyl (C=O) groups excluding carboxylic acids is 1. The second-order valence-electron chi connectivity index (χ2n) is 8.74. The van der Waals surface area contributed by atoms with Gasteiger partial charge in [-0.1, -0.05) is 43.3 Å². The smallest absolute Gasteiger partial charge is 0.266 e. The van der Waals surface area contributed by atoms with Crippen LogP contribution in [0.1, 0.15) is 41.4 Å². The first-order valence-electron chi connectivity index (χ1n) is 12.1. The lowest BCUT2D eigenvalue weighted by atomic mass is 10.1. The van der Waals surface area contributed by atoms with Crippen molar-refractivity contribution in [3.8, 4) is 5.69 Å². The van der Waals surface area contributed by atoms with E-state index in [1.807, 2.05) is 36.4 Å². The summed E-state index contributed by atoms with van der Waals surface area (Å²) in [5.41, 5.74) is 7.99. The Kier molecular flexibility index (Phi) is 7.93. The third-order valence-corrected chi connectivity index (χ3v) is 7.29. The van der Waals surface area contributed by atoms with E-state index in [-0.39, 0.29) is 5.91 Å². The number of thioether (sulfide) groups is 1. The number of ether oxygens (including phenoxy) is 1. The maximum Gasteiger partial charge on any atom is 0.266 e. The SMILES string of the molecule is CCc1cccc(C)c1-n1c(C)cc(/C=C2\SC(=Nc3ccccc3)N(CCCOC)C2=O)c1C. The molecule has 182 valence electrons. The lowest BCUT2D eigenvalue weighted by molar-refractivity contribution is -0.122. The monoisotopic (exact) mass is 487 g/mol. The number of rotatable bonds is 8. The summed E-state index contributed by atoms with van der Waals surface area (Å²) in [5.74, 6) is -0.00396. The summed E-state index contributed by atoms with van der Waals surface area (Å²) in [5, 5.41) is 0.713. The van der Waals surface area contributed by atoms with Crippen molar-refractivity contribution in [1.29, 1.82) is 0 Å². The van der Waals surface area contributed by atoms with Gasteiger partial charge in [0.05, 0.1) is 16.3 Å². The number of amidine groups is 1.